The number of hydrogen-bond donors (Lipinski definition) is 2. The van der Waals surface area contributed by atoms with Gasteiger partial charge in [-0.25, -0.2) is 4.98 Å². The Balaban J connectivity index is 2.06. The van der Waals surface area contributed by atoms with Crippen LogP contribution in [-0.2, 0) is 6.54 Å². The molecule has 21 heavy (non-hydrogen) atoms. The lowest BCUT2D eigenvalue weighted by Crippen LogP contribution is -2.28. The van der Waals surface area contributed by atoms with Crippen LogP contribution >= 0.6 is 22.9 Å². The van der Waals surface area contributed by atoms with Gasteiger partial charge in [-0.2, -0.15) is 0 Å². The summed E-state index contributed by atoms with van der Waals surface area (Å²) in [5.74, 6) is 0. The lowest BCUT2D eigenvalue weighted by Gasteiger charge is -2.19. The summed E-state index contributed by atoms with van der Waals surface area (Å²) in [6, 6.07) is 7.67. The molecule has 2 aromatic rings. The fourth-order valence-electron chi connectivity index (χ4n) is 2.07. The number of nitrogens with zero attached hydrogens (tertiary/aromatic N) is 2. The molecule has 2 N–H and O–H groups in total. The molecule has 6 heteroatoms. The Morgan fingerprint density at radius 3 is 2.67 bits per heavy atom. The van der Waals surface area contributed by atoms with E-state index in [0.29, 0.717) is 24.5 Å². The summed E-state index contributed by atoms with van der Waals surface area (Å²) < 4.78 is 0. The molecule has 0 spiro atoms. The van der Waals surface area contributed by atoms with Crippen molar-refractivity contribution in [2.24, 2.45) is 0 Å². The lowest BCUT2D eigenvalue weighted by atomic mass is 10.2. The fourth-order valence-corrected chi connectivity index (χ4v) is 3.20. The molecule has 0 amide bonds. The average molecular weight is 327 g/mol. The molecule has 0 saturated heterocycles. The maximum Gasteiger partial charge on any atom is 0.125 e. The highest BCUT2D eigenvalue weighted by atomic mass is 35.5. The predicted octanol–water partition coefficient (Wildman–Crippen LogP) is 2.64. The minimum absolute atomic E-state index is 0.104. The highest BCUT2D eigenvalue weighted by Gasteiger charge is 2.11. The van der Waals surface area contributed by atoms with Crippen LogP contribution in [0.5, 0.6) is 0 Å². The van der Waals surface area contributed by atoms with Gasteiger partial charge in [0.05, 0.1) is 17.3 Å². The van der Waals surface area contributed by atoms with Gasteiger partial charge in [-0.1, -0.05) is 29.8 Å². The topological polar surface area (TPSA) is 56.6 Å². The van der Waals surface area contributed by atoms with E-state index >= 15 is 0 Å². The number of hydrogen-bond acceptors (Lipinski definition) is 5. The number of aliphatic hydroxyl groups is 2. The molecule has 1 heterocycles. The Kier molecular flexibility index (Phi) is 6.60. The molecule has 0 bridgehead atoms. The summed E-state index contributed by atoms with van der Waals surface area (Å²) in [5, 5.41) is 21.6. The highest BCUT2D eigenvalue weighted by Crippen LogP contribution is 2.30. The molecule has 0 radical (unpaired) electrons. The van der Waals surface area contributed by atoms with E-state index in [1.54, 1.807) is 11.3 Å². The highest BCUT2D eigenvalue weighted by molar-refractivity contribution is 7.13. The molecule has 0 unspecified atom stereocenters. The first-order chi connectivity index (χ1) is 10.2. The van der Waals surface area contributed by atoms with Gasteiger partial charge in [-0.05, 0) is 12.5 Å². The fraction of sp³-hybridized carbons (Fsp3) is 0.400. The van der Waals surface area contributed by atoms with Gasteiger partial charge in [0.1, 0.15) is 5.01 Å². The standard InChI is InChI=1S/C15H19ClN2O2S/c16-14-5-2-1-4-13(14)15-17-12(11-21-15)10-18(7-9-20)6-3-8-19/h1-2,4-5,11,19-20H,3,6-10H2. The zero-order valence-corrected chi connectivity index (χ0v) is 13.3. The number of aliphatic hydroxyl groups excluding tert-OH is 2. The van der Waals surface area contributed by atoms with Crippen molar-refractivity contribution in [1.29, 1.82) is 0 Å². The molecule has 0 fully saturated rings. The van der Waals surface area contributed by atoms with Crippen LogP contribution in [0.15, 0.2) is 29.6 Å². The Morgan fingerprint density at radius 2 is 1.95 bits per heavy atom. The Morgan fingerprint density at radius 1 is 1.14 bits per heavy atom. The van der Waals surface area contributed by atoms with Crippen molar-refractivity contribution < 1.29 is 10.2 Å². The number of rotatable bonds is 8. The van der Waals surface area contributed by atoms with Crippen molar-refractivity contribution in [3.8, 4) is 10.6 Å². The molecule has 0 atom stereocenters. The van der Waals surface area contributed by atoms with Crippen molar-refractivity contribution in [2.45, 2.75) is 13.0 Å². The van der Waals surface area contributed by atoms with E-state index in [1.807, 2.05) is 29.6 Å². The summed E-state index contributed by atoms with van der Waals surface area (Å²) in [7, 11) is 0. The van der Waals surface area contributed by atoms with Crippen molar-refractivity contribution in [2.75, 3.05) is 26.3 Å². The quantitative estimate of drug-likeness (QED) is 0.783. The minimum Gasteiger partial charge on any atom is -0.396 e. The van der Waals surface area contributed by atoms with Gasteiger partial charge in [0.25, 0.3) is 0 Å². The van der Waals surface area contributed by atoms with Crippen molar-refractivity contribution >= 4 is 22.9 Å². The summed E-state index contributed by atoms with van der Waals surface area (Å²) in [4.78, 5) is 6.70. The van der Waals surface area contributed by atoms with E-state index in [2.05, 4.69) is 9.88 Å². The zero-order chi connectivity index (χ0) is 15.1. The molecule has 0 aliphatic rings. The van der Waals surface area contributed by atoms with Gasteiger partial charge in [0.2, 0.25) is 0 Å². The van der Waals surface area contributed by atoms with Crippen LogP contribution in [0, 0.1) is 0 Å². The van der Waals surface area contributed by atoms with Crippen LogP contribution in [-0.4, -0.2) is 46.4 Å². The van der Waals surface area contributed by atoms with E-state index in [0.717, 1.165) is 22.8 Å². The summed E-state index contributed by atoms with van der Waals surface area (Å²) >= 11 is 7.75. The molecular formula is C15H19ClN2O2S. The van der Waals surface area contributed by atoms with Gasteiger partial charge in [0, 0.05) is 37.2 Å². The second kappa shape index (κ2) is 8.46. The van der Waals surface area contributed by atoms with Crippen LogP contribution < -0.4 is 0 Å². The normalized spacial score (nSPS) is 11.2. The number of benzene rings is 1. The van der Waals surface area contributed by atoms with Gasteiger partial charge < -0.3 is 10.2 Å². The van der Waals surface area contributed by atoms with Gasteiger partial charge in [0.15, 0.2) is 0 Å². The van der Waals surface area contributed by atoms with Crippen molar-refractivity contribution in [1.82, 2.24) is 9.88 Å². The van der Waals surface area contributed by atoms with Crippen molar-refractivity contribution in [3.63, 3.8) is 0 Å². The van der Waals surface area contributed by atoms with Crippen LogP contribution in [0.25, 0.3) is 10.6 Å². The zero-order valence-electron chi connectivity index (χ0n) is 11.7. The van der Waals surface area contributed by atoms with Gasteiger partial charge in [-0.15, -0.1) is 11.3 Å². The summed E-state index contributed by atoms with van der Waals surface area (Å²) in [5.41, 5.74) is 1.90. The van der Waals surface area contributed by atoms with E-state index in [9.17, 15) is 0 Å². The number of halogens is 1. The monoisotopic (exact) mass is 326 g/mol. The molecule has 114 valence electrons. The van der Waals surface area contributed by atoms with Crippen LogP contribution in [0.1, 0.15) is 12.1 Å². The summed E-state index contributed by atoms with van der Waals surface area (Å²) in [6.45, 7) is 2.26. The predicted molar refractivity (Wildman–Crippen MR) is 86.6 cm³/mol. The SMILES string of the molecule is OCCCN(CCO)Cc1csc(-c2ccccc2Cl)n1. The van der Waals surface area contributed by atoms with E-state index in [4.69, 9.17) is 21.8 Å². The third kappa shape index (κ3) is 4.76. The number of aromatic nitrogens is 1. The molecule has 0 saturated carbocycles. The molecule has 0 aliphatic heterocycles. The Bertz CT molecular complexity index is 562. The average Bonchev–Trinajstić information content (AvgIpc) is 2.94. The van der Waals surface area contributed by atoms with Crippen LogP contribution in [0.4, 0.5) is 0 Å². The van der Waals surface area contributed by atoms with E-state index < -0.39 is 0 Å². The van der Waals surface area contributed by atoms with Crippen molar-refractivity contribution in [3.05, 3.63) is 40.4 Å². The smallest absolute Gasteiger partial charge is 0.125 e. The first kappa shape index (κ1) is 16.4. The maximum absolute atomic E-state index is 9.09. The second-order valence-electron chi connectivity index (χ2n) is 4.70. The molecule has 2 rings (SSSR count). The molecule has 4 nitrogen and oxygen atoms in total. The van der Waals surface area contributed by atoms with E-state index in [1.165, 1.54) is 0 Å². The molecule has 1 aromatic carbocycles. The first-order valence-electron chi connectivity index (χ1n) is 6.88. The van der Waals surface area contributed by atoms with Crippen LogP contribution in [0.3, 0.4) is 0 Å². The van der Waals surface area contributed by atoms with Gasteiger partial charge in [-0.3, -0.25) is 4.90 Å². The van der Waals surface area contributed by atoms with Gasteiger partial charge >= 0.3 is 0 Å². The maximum atomic E-state index is 9.09. The molecule has 1 aromatic heterocycles. The van der Waals surface area contributed by atoms with E-state index in [-0.39, 0.29) is 13.2 Å². The Labute approximate surface area is 133 Å². The minimum atomic E-state index is 0.104. The lowest BCUT2D eigenvalue weighted by molar-refractivity contribution is 0.173. The summed E-state index contributed by atoms with van der Waals surface area (Å²) in [6.07, 6.45) is 0.696. The Hall–Kier alpha value is -0.980. The molecule has 0 aliphatic carbocycles. The van der Waals surface area contributed by atoms with Crippen LogP contribution in [0.2, 0.25) is 5.02 Å². The second-order valence-corrected chi connectivity index (χ2v) is 5.97. The number of thiazole rings is 1. The first-order valence-corrected chi connectivity index (χ1v) is 8.13. The third-order valence-electron chi connectivity index (χ3n) is 3.09. The third-order valence-corrected chi connectivity index (χ3v) is 4.34. The largest absolute Gasteiger partial charge is 0.396 e. The molecular weight excluding hydrogens is 308 g/mol.